The van der Waals surface area contributed by atoms with Crippen molar-refractivity contribution in [3.8, 4) is 21.3 Å². The highest BCUT2D eigenvalue weighted by Gasteiger charge is 2.22. The molecule has 0 aliphatic rings. The number of aromatic nitrogens is 3. The molecule has 0 N–H and O–H groups in total. The van der Waals surface area contributed by atoms with Gasteiger partial charge in [0, 0.05) is 16.0 Å². The molecule has 0 aliphatic heterocycles. The van der Waals surface area contributed by atoms with Crippen LogP contribution in [0.1, 0.15) is 29.4 Å². The Bertz CT molecular complexity index is 1080. The number of carbonyl (C=O) groups is 1. The quantitative estimate of drug-likeness (QED) is 0.399. The molecule has 1 aromatic carbocycles. The van der Waals surface area contributed by atoms with Crippen LogP contribution in [-0.2, 0) is 4.74 Å². The molecule has 6 nitrogen and oxygen atoms in total. The number of thiazole rings is 1. The molecule has 27 heavy (non-hydrogen) atoms. The second-order valence-electron chi connectivity index (χ2n) is 5.52. The normalized spacial score (nSPS) is 12.1. The Morgan fingerprint density at radius 1 is 1.22 bits per heavy atom. The molecule has 0 saturated carbocycles. The third-order valence-corrected chi connectivity index (χ3v) is 5.57. The van der Waals surface area contributed by atoms with E-state index in [0.29, 0.717) is 15.9 Å². The number of ether oxygens (including phenoxy) is 1. The van der Waals surface area contributed by atoms with Gasteiger partial charge >= 0.3 is 5.97 Å². The summed E-state index contributed by atoms with van der Waals surface area (Å²) in [6.45, 7) is 1.67. The lowest BCUT2D eigenvalue weighted by Crippen LogP contribution is -2.10. The van der Waals surface area contributed by atoms with Gasteiger partial charge in [0.1, 0.15) is 5.01 Å². The van der Waals surface area contributed by atoms with E-state index < -0.39 is 12.1 Å². The van der Waals surface area contributed by atoms with E-state index in [9.17, 15) is 4.79 Å². The van der Waals surface area contributed by atoms with Gasteiger partial charge < -0.3 is 9.15 Å². The predicted molar refractivity (Wildman–Crippen MR) is 104 cm³/mol. The molecule has 3 heterocycles. The fourth-order valence-electron chi connectivity index (χ4n) is 2.29. The molecule has 4 aromatic rings. The van der Waals surface area contributed by atoms with E-state index in [1.807, 2.05) is 29.6 Å². The summed E-state index contributed by atoms with van der Waals surface area (Å²) in [5.41, 5.74) is 1.07. The Labute approximate surface area is 167 Å². The van der Waals surface area contributed by atoms with Crippen molar-refractivity contribution in [1.82, 2.24) is 15.2 Å². The Kier molecular flexibility index (Phi) is 5.02. The fourth-order valence-corrected chi connectivity index (χ4v) is 3.91. The molecule has 0 bridgehead atoms. The largest absolute Gasteiger partial charge is 0.448 e. The lowest BCUT2D eigenvalue weighted by atomic mass is 10.2. The topological polar surface area (TPSA) is 78.1 Å². The van der Waals surface area contributed by atoms with Crippen molar-refractivity contribution in [2.75, 3.05) is 0 Å². The summed E-state index contributed by atoms with van der Waals surface area (Å²) in [5.74, 6) is 0.0831. The van der Waals surface area contributed by atoms with Crippen molar-refractivity contribution in [3.63, 3.8) is 0 Å². The highest BCUT2D eigenvalue weighted by atomic mass is 35.5. The predicted octanol–water partition coefficient (Wildman–Crippen LogP) is 5.49. The number of benzene rings is 1. The first-order chi connectivity index (χ1) is 13.1. The average Bonchev–Trinajstić information content (AvgIpc) is 3.42. The van der Waals surface area contributed by atoms with Crippen molar-refractivity contribution < 1.29 is 13.9 Å². The zero-order valence-electron chi connectivity index (χ0n) is 14.0. The van der Waals surface area contributed by atoms with Gasteiger partial charge in [-0.25, -0.2) is 9.78 Å². The van der Waals surface area contributed by atoms with Crippen molar-refractivity contribution in [1.29, 1.82) is 0 Å². The summed E-state index contributed by atoms with van der Waals surface area (Å²) in [7, 11) is 0. The van der Waals surface area contributed by atoms with Gasteiger partial charge in [-0.15, -0.1) is 32.9 Å². The SMILES string of the molecule is CC(OC(=O)c1csc(-c2cccc(Cl)c2)n1)c1nnc(-c2cccs2)o1. The van der Waals surface area contributed by atoms with Crippen molar-refractivity contribution in [2.45, 2.75) is 13.0 Å². The van der Waals surface area contributed by atoms with E-state index in [0.717, 1.165) is 10.4 Å². The number of rotatable bonds is 5. The molecular formula is C18H12ClN3O3S2. The molecule has 4 rings (SSSR count). The van der Waals surface area contributed by atoms with Crippen LogP contribution in [0.5, 0.6) is 0 Å². The smallest absolute Gasteiger partial charge is 0.358 e. The first-order valence-corrected chi connectivity index (χ1v) is 10.0. The third-order valence-electron chi connectivity index (χ3n) is 3.59. The number of thiophene rings is 1. The number of hydrogen-bond acceptors (Lipinski definition) is 8. The van der Waals surface area contributed by atoms with E-state index in [1.165, 1.54) is 22.7 Å². The van der Waals surface area contributed by atoms with Gasteiger partial charge in [-0.05, 0) is 30.5 Å². The minimum atomic E-state index is -0.685. The Hall–Kier alpha value is -2.55. The van der Waals surface area contributed by atoms with Crippen LogP contribution in [0.15, 0.2) is 51.6 Å². The molecule has 0 fully saturated rings. The molecule has 0 spiro atoms. The van der Waals surface area contributed by atoms with Gasteiger partial charge in [0.15, 0.2) is 11.8 Å². The molecular weight excluding hydrogens is 406 g/mol. The van der Waals surface area contributed by atoms with E-state index in [1.54, 1.807) is 24.4 Å². The first kappa shape index (κ1) is 17.8. The van der Waals surface area contributed by atoms with Crippen LogP contribution in [0.3, 0.4) is 0 Å². The number of carbonyl (C=O) groups excluding carboxylic acids is 1. The Morgan fingerprint density at radius 3 is 2.89 bits per heavy atom. The Morgan fingerprint density at radius 2 is 2.11 bits per heavy atom. The molecule has 9 heteroatoms. The molecule has 0 radical (unpaired) electrons. The maximum atomic E-state index is 12.4. The average molecular weight is 418 g/mol. The van der Waals surface area contributed by atoms with Gasteiger partial charge in [-0.1, -0.05) is 29.8 Å². The zero-order chi connectivity index (χ0) is 18.8. The molecule has 0 aliphatic carbocycles. The molecule has 3 aromatic heterocycles. The molecule has 1 unspecified atom stereocenters. The second-order valence-corrected chi connectivity index (χ2v) is 7.76. The van der Waals surface area contributed by atoms with E-state index in [-0.39, 0.29) is 11.6 Å². The van der Waals surface area contributed by atoms with Gasteiger partial charge in [-0.2, -0.15) is 0 Å². The fraction of sp³-hybridized carbons (Fsp3) is 0.111. The van der Waals surface area contributed by atoms with Crippen LogP contribution in [-0.4, -0.2) is 21.2 Å². The van der Waals surface area contributed by atoms with Crippen LogP contribution in [0.2, 0.25) is 5.02 Å². The lowest BCUT2D eigenvalue weighted by molar-refractivity contribution is 0.0274. The maximum Gasteiger partial charge on any atom is 0.358 e. The summed E-state index contributed by atoms with van der Waals surface area (Å²) in [5, 5.41) is 12.8. The number of halogens is 1. The number of nitrogens with zero attached hydrogens (tertiary/aromatic N) is 3. The maximum absolute atomic E-state index is 12.4. The molecule has 0 saturated heterocycles. The van der Waals surface area contributed by atoms with Crippen LogP contribution in [0, 0.1) is 0 Å². The van der Waals surface area contributed by atoms with Gasteiger partial charge in [-0.3, -0.25) is 0 Å². The number of esters is 1. The summed E-state index contributed by atoms with van der Waals surface area (Å²) in [4.78, 5) is 17.6. The summed E-state index contributed by atoms with van der Waals surface area (Å²) >= 11 is 8.84. The van der Waals surface area contributed by atoms with E-state index in [4.69, 9.17) is 20.8 Å². The molecule has 136 valence electrons. The van der Waals surface area contributed by atoms with Crippen molar-refractivity contribution in [3.05, 3.63) is 63.8 Å². The minimum absolute atomic E-state index is 0.222. The van der Waals surface area contributed by atoms with Crippen LogP contribution < -0.4 is 0 Å². The summed E-state index contributed by atoms with van der Waals surface area (Å²) < 4.78 is 11.0. The third kappa shape index (κ3) is 3.92. The van der Waals surface area contributed by atoms with E-state index in [2.05, 4.69) is 15.2 Å². The lowest BCUT2D eigenvalue weighted by Gasteiger charge is -2.07. The first-order valence-electron chi connectivity index (χ1n) is 7.90. The highest BCUT2D eigenvalue weighted by Crippen LogP contribution is 2.28. The van der Waals surface area contributed by atoms with Gasteiger partial charge in [0.05, 0.1) is 4.88 Å². The second kappa shape index (κ2) is 7.59. The van der Waals surface area contributed by atoms with Crippen molar-refractivity contribution >= 4 is 40.2 Å². The minimum Gasteiger partial charge on any atom is -0.448 e. The standard InChI is InChI=1S/C18H12ClN3O3S2/c1-10(15-21-22-16(25-15)14-6-3-7-26-14)24-18(23)13-9-27-17(20-13)11-4-2-5-12(19)8-11/h2-10H,1H3. The van der Waals surface area contributed by atoms with Crippen LogP contribution in [0.4, 0.5) is 0 Å². The van der Waals surface area contributed by atoms with Crippen LogP contribution in [0.25, 0.3) is 21.3 Å². The Balaban J connectivity index is 1.46. The van der Waals surface area contributed by atoms with Gasteiger partial charge in [0.2, 0.25) is 0 Å². The monoisotopic (exact) mass is 417 g/mol. The number of hydrogen-bond donors (Lipinski definition) is 0. The van der Waals surface area contributed by atoms with Crippen molar-refractivity contribution in [2.24, 2.45) is 0 Å². The molecule has 1 atom stereocenters. The van der Waals surface area contributed by atoms with Gasteiger partial charge in [0.25, 0.3) is 11.8 Å². The summed E-state index contributed by atoms with van der Waals surface area (Å²) in [6.07, 6.45) is -0.685. The highest BCUT2D eigenvalue weighted by molar-refractivity contribution is 7.13. The summed E-state index contributed by atoms with van der Waals surface area (Å²) in [6, 6.07) is 11.1. The van der Waals surface area contributed by atoms with E-state index >= 15 is 0 Å². The zero-order valence-corrected chi connectivity index (χ0v) is 16.3. The molecule has 0 amide bonds. The van der Waals surface area contributed by atoms with Crippen LogP contribution >= 0.6 is 34.3 Å².